The predicted molar refractivity (Wildman–Crippen MR) is 103 cm³/mol. The van der Waals surface area contributed by atoms with E-state index in [1.165, 1.54) is 0 Å². The van der Waals surface area contributed by atoms with Crippen LogP contribution in [-0.2, 0) is 4.74 Å². The van der Waals surface area contributed by atoms with Gasteiger partial charge in [0, 0.05) is 56.7 Å². The van der Waals surface area contributed by atoms with Gasteiger partial charge in [-0.25, -0.2) is 0 Å². The third kappa shape index (κ3) is 6.89. The molecule has 1 aliphatic heterocycles. The lowest BCUT2D eigenvalue weighted by Gasteiger charge is -2.36. The van der Waals surface area contributed by atoms with Gasteiger partial charge in [0.2, 0.25) is 0 Å². The summed E-state index contributed by atoms with van der Waals surface area (Å²) in [5.41, 5.74) is 0. The molecule has 1 heterocycles. The van der Waals surface area contributed by atoms with Crippen LogP contribution in [0.2, 0.25) is 0 Å². The lowest BCUT2D eigenvalue weighted by molar-refractivity contribution is 0.0783. The summed E-state index contributed by atoms with van der Waals surface area (Å²) in [5.74, 6) is 0.900. The molecule has 0 aromatic carbocycles. The summed E-state index contributed by atoms with van der Waals surface area (Å²) in [6, 6.07) is 1.13. The molecule has 5 nitrogen and oxygen atoms in total. The normalized spacial score (nSPS) is 18.7. The van der Waals surface area contributed by atoms with Crippen molar-refractivity contribution in [1.82, 2.24) is 15.5 Å². The first kappa shape index (κ1) is 20.6. The second-order valence-corrected chi connectivity index (χ2v) is 8.05. The van der Waals surface area contributed by atoms with Crippen molar-refractivity contribution in [2.24, 2.45) is 4.99 Å². The van der Waals surface area contributed by atoms with E-state index in [0.717, 1.165) is 51.6 Å². The molecule has 0 radical (unpaired) electrons. The maximum Gasteiger partial charge on any atom is 0.191 e. The predicted octanol–water partition coefficient (Wildman–Crippen LogP) is 2.18. The highest BCUT2D eigenvalue weighted by molar-refractivity contribution is 8.00. The maximum absolute atomic E-state index is 5.50. The summed E-state index contributed by atoms with van der Waals surface area (Å²) in [7, 11) is 1.84. The molecule has 0 aliphatic carbocycles. The number of nitrogens with one attached hydrogen (secondary N) is 2. The lowest BCUT2D eigenvalue weighted by atomic mass is 9.99. The van der Waals surface area contributed by atoms with Gasteiger partial charge in [0.15, 0.2) is 5.96 Å². The van der Waals surface area contributed by atoms with Crippen molar-refractivity contribution in [1.29, 1.82) is 0 Å². The third-order valence-electron chi connectivity index (χ3n) is 4.63. The summed E-state index contributed by atoms with van der Waals surface area (Å²) < 4.78 is 5.78. The van der Waals surface area contributed by atoms with Crippen molar-refractivity contribution in [3.05, 3.63) is 0 Å². The second-order valence-electron chi connectivity index (χ2n) is 6.78. The molecular formula is C17H36N4OS. The van der Waals surface area contributed by atoms with Crippen molar-refractivity contribution in [2.75, 3.05) is 46.2 Å². The van der Waals surface area contributed by atoms with Crippen molar-refractivity contribution in [3.8, 4) is 0 Å². The van der Waals surface area contributed by atoms with Gasteiger partial charge in [0.25, 0.3) is 0 Å². The zero-order valence-electron chi connectivity index (χ0n) is 15.8. The van der Waals surface area contributed by atoms with Crippen LogP contribution in [0.25, 0.3) is 0 Å². The fourth-order valence-corrected chi connectivity index (χ4v) is 3.87. The molecular weight excluding hydrogens is 308 g/mol. The van der Waals surface area contributed by atoms with Crippen molar-refractivity contribution in [3.63, 3.8) is 0 Å². The van der Waals surface area contributed by atoms with E-state index in [4.69, 9.17) is 4.74 Å². The average molecular weight is 345 g/mol. The number of ether oxygens (including phenoxy) is 1. The highest BCUT2D eigenvalue weighted by atomic mass is 32.2. The van der Waals surface area contributed by atoms with Gasteiger partial charge < -0.3 is 15.4 Å². The highest BCUT2D eigenvalue weighted by Gasteiger charge is 2.31. The largest absolute Gasteiger partial charge is 0.381 e. The van der Waals surface area contributed by atoms with E-state index in [1.54, 1.807) is 0 Å². The molecule has 2 N–H and O–H groups in total. The molecule has 6 heteroatoms. The number of rotatable bonds is 8. The van der Waals surface area contributed by atoms with Crippen LogP contribution in [0.4, 0.5) is 0 Å². The Hall–Kier alpha value is -0.460. The Labute approximate surface area is 147 Å². The van der Waals surface area contributed by atoms with Crippen molar-refractivity contribution in [2.45, 2.75) is 57.4 Å². The molecule has 1 aliphatic rings. The molecule has 1 saturated heterocycles. The zero-order valence-corrected chi connectivity index (χ0v) is 16.6. The Morgan fingerprint density at radius 1 is 1.17 bits per heavy atom. The third-order valence-corrected chi connectivity index (χ3v) is 6.05. The van der Waals surface area contributed by atoms with Crippen molar-refractivity contribution < 1.29 is 4.74 Å². The molecule has 1 rings (SSSR count). The molecule has 0 aromatic heterocycles. The number of thioether (sulfide) groups is 1. The van der Waals surface area contributed by atoms with Gasteiger partial charge in [0.05, 0.1) is 0 Å². The standard InChI is InChI=1S/C17H36N4OS/c1-14(2)21(15(3)4)10-9-19-16(18-5)20-13-17(23-6)7-11-22-12-8-17/h14-15H,7-13H2,1-6H3,(H2,18,19,20). The first-order valence-electron chi connectivity index (χ1n) is 8.77. The van der Waals surface area contributed by atoms with Gasteiger partial charge in [-0.1, -0.05) is 0 Å². The number of aliphatic imine (C=N–C) groups is 1. The summed E-state index contributed by atoms with van der Waals surface area (Å²) in [4.78, 5) is 6.85. The Morgan fingerprint density at radius 3 is 2.26 bits per heavy atom. The number of nitrogens with zero attached hydrogens (tertiary/aromatic N) is 2. The molecule has 0 aromatic rings. The molecule has 0 atom stereocenters. The molecule has 23 heavy (non-hydrogen) atoms. The molecule has 0 unspecified atom stereocenters. The summed E-state index contributed by atoms with van der Waals surface area (Å²) >= 11 is 1.95. The monoisotopic (exact) mass is 344 g/mol. The van der Waals surface area contributed by atoms with Crippen LogP contribution in [0.3, 0.4) is 0 Å². The Kier molecular flexibility index (Phi) is 9.32. The van der Waals surface area contributed by atoms with Crippen LogP contribution in [0.1, 0.15) is 40.5 Å². The van der Waals surface area contributed by atoms with E-state index in [-0.39, 0.29) is 4.75 Å². The summed E-state index contributed by atoms with van der Waals surface area (Å²) in [5, 5.41) is 6.95. The number of guanidine groups is 1. The van der Waals surface area contributed by atoms with E-state index < -0.39 is 0 Å². The topological polar surface area (TPSA) is 48.9 Å². The molecule has 136 valence electrons. The van der Waals surface area contributed by atoms with Gasteiger partial charge in [0.1, 0.15) is 0 Å². The molecule has 0 bridgehead atoms. The van der Waals surface area contributed by atoms with Crippen LogP contribution in [0.5, 0.6) is 0 Å². The lowest BCUT2D eigenvalue weighted by Crippen LogP contribution is -2.49. The van der Waals surface area contributed by atoms with Gasteiger partial charge >= 0.3 is 0 Å². The van der Waals surface area contributed by atoms with Gasteiger partial charge in [-0.05, 0) is 46.8 Å². The van der Waals surface area contributed by atoms with Crippen LogP contribution in [0.15, 0.2) is 4.99 Å². The van der Waals surface area contributed by atoms with Crippen molar-refractivity contribution >= 4 is 17.7 Å². The van der Waals surface area contributed by atoms with Crippen LogP contribution < -0.4 is 10.6 Å². The first-order chi connectivity index (χ1) is 10.9. The Bertz CT molecular complexity index is 347. The fraction of sp³-hybridized carbons (Fsp3) is 0.941. The maximum atomic E-state index is 5.50. The number of hydrogen-bond donors (Lipinski definition) is 2. The molecule has 0 spiro atoms. The Morgan fingerprint density at radius 2 is 1.78 bits per heavy atom. The van der Waals surface area contributed by atoms with E-state index in [1.807, 2.05) is 18.8 Å². The fourth-order valence-electron chi connectivity index (χ4n) is 3.08. The first-order valence-corrected chi connectivity index (χ1v) is 10.00. The van der Waals surface area contributed by atoms with E-state index in [0.29, 0.717) is 12.1 Å². The van der Waals surface area contributed by atoms with Crippen LogP contribution >= 0.6 is 11.8 Å². The van der Waals surface area contributed by atoms with Gasteiger partial charge in [-0.3, -0.25) is 9.89 Å². The molecule has 0 saturated carbocycles. The Balaban J connectivity index is 2.39. The quantitative estimate of drug-likeness (QED) is 0.522. The van der Waals surface area contributed by atoms with Gasteiger partial charge in [-0.2, -0.15) is 11.8 Å². The van der Waals surface area contributed by atoms with E-state index >= 15 is 0 Å². The van der Waals surface area contributed by atoms with Crippen LogP contribution in [-0.4, -0.2) is 73.8 Å². The van der Waals surface area contributed by atoms with Crippen LogP contribution in [0, 0.1) is 0 Å². The zero-order chi connectivity index (χ0) is 17.3. The average Bonchev–Trinajstić information content (AvgIpc) is 2.54. The van der Waals surface area contributed by atoms with Gasteiger partial charge in [-0.15, -0.1) is 0 Å². The molecule has 0 amide bonds. The van der Waals surface area contributed by atoms with E-state index in [9.17, 15) is 0 Å². The second kappa shape index (κ2) is 10.4. The molecule has 1 fully saturated rings. The minimum atomic E-state index is 0.276. The smallest absolute Gasteiger partial charge is 0.191 e. The minimum Gasteiger partial charge on any atom is -0.381 e. The number of hydrogen-bond acceptors (Lipinski definition) is 4. The summed E-state index contributed by atoms with van der Waals surface area (Å²) in [6.45, 7) is 13.6. The SMILES string of the molecule is CN=C(NCCN(C(C)C)C(C)C)NCC1(SC)CCOCC1. The van der Waals surface area contributed by atoms with E-state index in [2.05, 4.69) is 54.5 Å². The highest BCUT2D eigenvalue weighted by Crippen LogP contribution is 2.32. The minimum absolute atomic E-state index is 0.276. The summed E-state index contributed by atoms with van der Waals surface area (Å²) in [6.07, 6.45) is 4.41.